The molecule has 0 saturated carbocycles. The van der Waals surface area contributed by atoms with E-state index in [9.17, 15) is 4.39 Å². The van der Waals surface area contributed by atoms with Gasteiger partial charge in [0.15, 0.2) is 0 Å². The lowest BCUT2D eigenvalue weighted by atomic mass is 10.00. The van der Waals surface area contributed by atoms with Gasteiger partial charge in [0.25, 0.3) is 0 Å². The molecule has 1 heterocycles. The average Bonchev–Trinajstić information content (AvgIpc) is 2.76. The third-order valence-corrected chi connectivity index (χ3v) is 4.87. The Hall–Kier alpha value is -0.360. The topological polar surface area (TPSA) is 17.8 Å². The van der Waals surface area contributed by atoms with Crippen molar-refractivity contribution in [2.45, 2.75) is 45.5 Å². The summed E-state index contributed by atoms with van der Waals surface area (Å²) in [6, 6.07) is 3.63. The zero-order chi connectivity index (χ0) is 14.9. The highest BCUT2D eigenvalue weighted by Gasteiger charge is 2.18. The summed E-state index contributed by atoms with van der Waals surface area (Å²) in [6.07, 6.45) is 2.18. The van der Waals surface area contributed by atoms with E-state index < -0.39 is 0 Å². The number of fused-ring (bicyclic) bond motifs is 1. The van der Waals surface area contributed by atoms with E-state index in [-0.39, 0.29) is 11.9 Å². The van der Waals surface area contributed by atoms with Gasteiger partial charge in [-0.25, -0.2) is 9.37 Å². The molecule has 2 aromatic rings. The molecule has 0 saturated heterocycles. The maximum absolute atomic E-state index is 13.9. The van der Waals surface area contributed by atoms with Crippen LogP contribution >= 0.6 is 34.2 Å². The van der Waals surface area contributed by atoms with Gasteiger partial charge in [-0.05, 0) is 47.9 Å². The Morgan fingerprint density at radius 2 is 2.10 bits per heavy atom. The highest BCUT2D eigenvalue weighted by atomic mass is 127. The van der Waals surface area contributed by atoms with E-state index in [1.807, 2.05) is 22.6 Å². The van der Waals surface area contributed by atoms with Crippen molar-refractivity contribution in [3.63, 3.8) is 0 Å². The molecular formula is C15H19ClFIN2. The summed E-state index contributed by atoms with van der Waals surface area (Å²) in [5.74, 6) is 1.59. The minimum atomic E-state index is -0.198. The first kappa shape index (κ1) is 16.0. The van der Waals surface area contributed by atoms with Crippen LogP contribution in [0.2, 0.25) is 0 Å². The Morgan fingerprint density at radius 3 is 2.70 bits per heavy atom. The van der Waals surface area contributed by atoms with Crippen molar-refractivity contribution in [2.24, 2.45) is 5.92 Å². The number of rotatable bonds is 5. The van der Waals surface area contributed by atoms with Gasteiger partial charge >= 0.3 is 0 Å². The van der Waals surface area contributed by atoms with Crippen LogP contribution in [0.25, 0.3) is 11.0 Å². The summed E-state index contributed by atoms with van der Waals surface area (Å²) in [7, 11) is 0. The number of halogens is 3. The van der Waals surface area contributed by atoms with Crippen LogP contribution in [0.1, 0.15) is 45.5 Å². The Kier molecular flexibility index (Phi) is 5.29. The Labute approximate surface area is 137 Å². The van der Waals surface area contributed by atoms with Gasteiger partial charge in [0.2, 0.25) is 0 Å². The molecule has 20 heavy (non-hydrogen) atoms. The third kappa shape index (κ3) is 3.11. The number of hydrogen-bond donors (Lipinski definition) is 0. The van der Waals surface area contributed by atoms with Crippen LogP contribution in [0.15, 0.2) is 12.1 Å². The third-order valence-electron chi connectivity index (χ3n) is 3.81. The number of aromatic nitrogens is 2. The van der Waals surface area contributed by atoms with Crippen LogP contribution in [-0.2, 0) is 5.88 Å². The second kappa shape index (κ2) is 6.60. The van der Waals surface area contributed by atoms with Gasteiger partial charge in [-0.3, -0.25) is 0 Å². The van der Waals surface area contributed by atoms with Crippen molar-refractivity contribution in [3.8, 4) is 0 Å². The van der Waals surface area contributed by atoms with E-state index >= 15 is 0 Å². The molecule has 110 valence electrons. The maximum atomic E-state index is 13.9. The van der Waals surface area contributed by atoms with Crippen LogP contribution in [-0.4, -0.2) is 9.55 Å². The summed E-state index contributed by atoms with van der Waals surface area (Å²) in [4.78, 5) is 4.55. The predicted octanol–water partition coefficient (Wildman–Crippen LogP) is 5.52. The van der Waals surface area contributed by atoms with Crippen LogP contribution in [0.4, 0.5) is 4.39 Å². The lowest BCUT2D eigenvalue weighted by Gasteiger charge is -2.20. The van der Waals surface area contributed by atoms with Gasteiger partial charge in [0, 0.05) is 12.1 Å². The number of hydrogen-bond acceptors (Lipinski definition) is 1. The standard InChI is InChI=1S/C15H19ClFIN2/c1-4-9(2)5-10(3)20-14-6-11(17)12(18)7-13(14)19-15(20)8-16/h6-7,9-10H,4-5,8H2,1-3H3. The Balaban J connectivity index is 2.52. The van der Waals surface area contributed by atoms with Gasteiger partial charge in [-0.1, -0.05) is 20.3 Å². The molecule has 2 rings (SSSR count). The van der Waals surface area contributed by atoms with E-state index in [0.717, 1.165) is 29.7 Å². The quantitative estimate of drug-likeness (QED) is 0.471. The minimum Gasteiger partial charge on any atom is -0.324 e. The second-order valence-corrected chi connectivity index (χ2v) is 6.81. The zero-order valence-electron chi connectivity index (χ0n) is 12.0. The lowest BCUT2D eigenvalue weighted by molar-refractivity contribution is 0.399. The zero-order valence-corrected chi connectivity index (χ0v) is 14.9. The molecule has 2 atom stereocenters. The molecule has 2 nitrogen and oxygen atoms in total. The fraction of sp³-hybridized carbons (Fsp3) is 0.533. The molecule has 0 amide bonds. The molecule has 1 aromatic carbocycles. The molecule has 0 N–H and O–H groups in total. The SMILES string of the molecule is CCC(C)CC(C)n1c(CCl)nc2cc(I)c(F)cc21. The number of benzene rings is 1. The van der Waals surface area contributed by atoms with Crippen LogP contribution in [0.5, 0.6) is 0 Å². The van der Waals surface area contributed by atoms with Crippen molar-refractivity contribution >= 4 is 45.2 Å². The number of imidazole rings is 1. The van der Waals surface area contributed by atoms with E-state index in [0.29, 0.717) is 15.4 Å². The van der Waals surface area contributed by atoms with Gasteiger partial charge in [-0.15, -0.1) is 11.6 Å². The predicted molar refractivity (Wildman–Crippen MR) is 90.7 cm³/mol. The van der Waals surface area contributed by atoms with Crippen LogP contribution < -0.4 is 0 Å². The van der Waals surface area contributed by atoms with Gasteiger partial charge in [0.1, 0.15) is 11.6 Å². The first-order valence-corrected chi connectivity index (χ1v) is 8.51. The smallest absolute Gasteiger partial charge is 0.138 e. The maximum Gasteiger partial charge on any atom is 0.138 e. The highest BCUT2D eigenvalue weighted by molar-refractivity contribution is 14.1. The van der Waals surface area contributed by atoms with Crippen molar-refractivity contribution in [3.05, 3.63) is 27.3 Å². The second-order valence-electron chi connectivity index (χ2n) is 5.38. The molecule has 0 fully saturated rings. The fourth-order valence-electron chi connectivity index (χ4n) is 2.58. The summed E-state index contributed by atoms with van der Waals surface area (Å²) in [5, 5.41) is 0. The van der Waals surface area contributed by atoms with Crippen LogP contribution in [0.3, 0.4) is 0 Å². The average molecular weight is 409 g/mol. The first-order chi connectivity index (χ1) is 9.47. The Morgan fingerprint density at radius 1 is 1.40 bits per heavy atom. The molecule has 0 aliphatic heterocycles. The van der Waals surface area contributed by atoms with E-state index in [1.165, 1.54) is 0 Å². The molecule has 1 aromatic heterocycles. The molecule has 0 radical (unpaired) electrons. The molecule has 0 spiro atoms. The molecule has 0 aliphatic rings. The fourth-order valence-corrected chi connectivity index (χ4v) is 3.22. The minimum absolute atomic E-state index is 0.198. The monoisotopic (exact) mass is 408 g/mol. The van der Waals surface area contributed by atoms with Crippen molar-refractivity contribution in [1.82, 2.24) is 9.55 Å². The lowest BCUT2D eigenvalue weighted by Crippen LogP contribution is -2.12. The van der Waals surface area contributed by atoms with Crippen LogP contribution in [0, 0.1) is 15.3 Å². The van der Waals surface area contributed by atoms with Crippen molar-refractivity contribution in [2.75, 3.05) is 0 Å². The van der Waals surface area contributed by atoms with Gasteiger partial charge < -0.3 is 4.57 Å². The molecule has 0 bridgehead atoms. The molecule has 0 aliphatic carbocycles. The number of alkyl halides is 1. The summed E-state index contributed by atoms with van der Waals surface area (Å²) >= 11 is 8.01. The summed E-state index contributed by atoms with van der Waals surface area (Å²) in [6.45, 7) is 6.58. The van der Waals surface area contributed by atoms with E-state index in [4.69, 9.17) is 11.6 Å². The summed E-state index contributed by atoms with van der Waals surface area (Å²) < 4.78 is 16.5. The Bertz CT molecular complexity index is 611. The molecule has 2 unspecified atom stereocenters. The molecular weight excluding hydrogens is 390 g/mol. The van der Waals surface area contributed by atoms with Crippen molar-refractivity contribution in [1.29, 1.82) is 0 Å². The van der Waals surface area contributed by atoms with Gasteiger partial charge in [0.05, 0.1) is 20.5 Å². The normalized spacial score (nSPS) is 14.7. The van der Waals surface area contributed by atoms with E-state index in [1.54, 1.807) is 12.1 Å². The molecule has 5 heteroatoms. The highest BCUT2D eigenvalue weighted by Crippen LogP contribution is 2.29. The largest absolute Gasteiger partial charge is 0.324 e. The number of nitrogens with zero attached hydrogens (tertiary/aromatic N) is 2. The van der Waals surface area contributed by atoms with Gasteiger partial charge in [-0.2, -0.15) is 0 Å². The first-order valence-electron chi connectivity index (χ1n) is 6.89. The summed E-state index contributed by atoms with van der Waals surface area (Å²) in [5.41, 5.74) is 1.66. The van der Waals surface area contributed by atoms with E-state index in [2.05, 4.69) is 30.3 Å². The van der Waals surface area contributed by atoms with Crippen molar-refractivity contribution < 1.29 is 4.39 Å².